The highest BCUT2D eigenvalue weighted by Crippen LogP contribution is 2.34. The molecule has 0 saturated carbocycles. The second-order valence-corrected chi connectivity index (χ2v) is 11.2. The fraction of sp³-hybridized carbons (Fsp3) is 0.258. The van der Waals surface area contributed by atoms with Crippen LogP contribution < -0.4 is 16.4 Å². The summed E-state index contributed by atoms with van der Waals surface area (Å²) in [5.41, 5.74) is 10.8. The number of aromatic nitrogens is 2. The van der Waals surface area contributed by atoms with Crippen molar-refractivity contribution in [2.24, 2.45) is 15.7 Å². The third-order valence-electron chi connectivity index (χ3n) is 7.37. The first kappa shape index (κ1) is 27.9. The van der Waals surface area contributed by atoms with Gasteiger partial charge in [-0.3, -0.25) is 9.67 Å². The molecule has 2 aliphatic heterocycles. The minimum atomic E-state index is -0.680. The van der Waals surface area contributed by atoms with Crippen LogP contribution in [0.4, 0.5) is 20.2 Å². The third kappa shape index (κ3) is 5.73. The predicted octanol–water partition coefficient (Wildman–Crippen LogP) is 5.53. The van der Waals surface area contributed by atoms with Gasteiger partial charge < -0.3 is 21.3 Å². The van der Waals surface area contributed by atoms with Crippen molar-refractivity contribution < 1.29 is 8.78 Å². The summed E-state index contributed by atoms with van der Waals surface area (Å²) in [6, 6.07) is 17.4. The zero-order chi connectivity index (χ0) is 29.4. The van der Waals surface area contributed by atoms with Gasteiger partial charge in [-0.1, -0.05) is 23.7 Å². The topological polar surface area (TPSA) is 95.9 Å². The number of hydrogen-bond donors (Lipinski definition) is 3. The van der Waals surface area contributed by atoms with E-state index in [1.54, 1.807) is 16.8 Å². The van der Waals surface area contributed by atoms with Gasteiger partial charge in [-0.15, -0.1) is 0 Å². The second kappa shape index (κ2) is 11.5. The lowest BCUT2D eigenvalue weighted by Crippen LogP contribution is -2.57. The van der Waals surface area contributed by atoms with Crippen LogP contribution in [0.5, 0.6) is 0 Å². The van der Waals surface area contributed by atoms with E-state index >= 15 is 0 Å². The lowest BCUT2D eigenvalue weighted by molar-refractivity contribution is 0.253. The molecule has 6 rings (SSSR count). The van der Waals surface area contributed by atoms with Crippen molar-refractivity contribution in [1.29, 1.82) is 0 Å². The lowest BCUT2D eigenvalue weighted by atomic mass is 9.95. The minimum absolute atomic E-state index is 0.174. The van der Waals surface area contributed by atoms with Crippen LogP contribution >= 0.6 is 11.6 Å². The number of benzene rings is 3. The molecule has 1 aromatic heterocycles. The fourth-order valence-electron chi connectivity index (χ4n) is 5.54. The zero-order valence-corrected chi connectivity index (χ0v) is 24.0. The molecular formula is C31H31ClF2N8. The summed E-state index contributed by atoms with van der Waals surface area (Å²) in [6.45, 7) is 6.52. The smallest absolute Gasteiger partial charge is 0.196 e. The Labute approximate surface area is 247 Å². The van der Waals surface area contributed by atoms with E-state index in [2.05, 4.69) is 39.4 Å². The van der Waals surface area contributed by atoms with Gasteiger partial charge in [0.15, 0.2) is 5.96 Å². The molecule has 0 amide bonds. The van der Waals surface area contributed by atoms with E-state index in [4.69, 9.17) is 22.4 Å². The number of rotatable bonds is 5. The molecule has 3 aromatic carbocycles. The van der Waals surface area contributed by atoms with Crippen LogP contribution in [0.15, 0.2) is 76.8 Å². The number of nitrogens with zero attached hydrogens (tertiary/aromatic N) is 5. The molecule has 0 spiro atoms. The fourth-order valence-corrected chi connectivity index (χ4v) is 5.71. The molecular weight excluding hydrogens is 558 g/mol. The van der Waals surface area contributed by atoms with Crippen molar-refractivity contribution in [1.82, 2.24) is 20.0 Å². The summed E-state index contributed by atoms with van der Waals surface area (Å²) in [6.07, 6.45) is 1.89. The van der Waals surface area contributed by atoms with Gasteiger partial charge in [0, 0.05) is 58.8 Å². The van der Waals surface area contributed by atoms with E-state index in [9.17, 15) is 8.78 Å². The largest absolute Gasteiger partial charge is 0.369 e. The van der Waals surface area contributed by atoms with Gasteiger partial charge in [-0.05, 0) is 62.4 Å². The Morgan fingerprint density at radius 1 is 1.05 bits per heavy atom. The summed E-state index contributed by atoms with van der Waals surface area (Å²) in [4.78, 5) is 11.3. The van der Waals surface area contributed by atoms with Gasteiger partial charge in [-0.25, -0.2) is 13.8 Å². The van der Waals surface area contributed by atoms with E-state index in [0.29, 0.717) is 46.6 Å². The third-order valence-corrected chi connectivity index (χ3v) is 7.61. The molecule has 1 unspecified atom stereocenters. The first-order chi connectivity index (χ1) is 20.2. The molecule has 216 valence electrons. The number of guanidine groups is 1. The Kier molecular flexibility index (Phi) is 7.66. The molecule has 1 fully saturated rings. The van der Waals surface area contributed by atoms with E-state index in [1.807, 2.05) is 36.5 Å². The van der Waals surface area contributed by atoms with Crippen molar-refractivity contribution in [2.45, 2.75) is 39.1 Å². The summed E-state index contributed by atoms with van der Waals surface area (Å²) < 4.78 is 31.3. The van der Waals surface area contributed by atoms with Crippen molar-refractivity contribution in [2.75, 3.05) is 18.4 Å². The van der Waals surface area contributed by atoms with Crippen LogP contribution in [0, 0.1) is 11.6 Å². The highest BCUT2D eigenvalue weighted by molar-refractivity contribution is 6.31. The van der Waals surface area contributed by atoms with E-state index in [0.717, 1.165) is 30.0 Å². The molecule has 0 aliphatic carbocycles. The van der Waals surface area contributed by atoms with Gasteiger partial charge in [0.2, 0.25) is 0 Å². The number of nitrogens with two attached hydrogens (primary N) is 1. The number of halogens is 3. The maximum atomic E-state index is 14.7. The Morgan fingerprint density at radius 2 is 1.76 bits per heavy atom. The standard InChI is InChI=1S/C31H31ClF2N8/c1-18-14-41(15-19(2)38-18)31(35)39-23-9-7-22(8-10-23)37-17-42-16-20-13-36-30(28-26(33)4-3-5-27(28)34)25-12-21(32)6-11-24(25)29(20)40-42/h3-12,16,18-19,37-38H,13-15,17H2,1-2H3,(H2,35,39)/t18-,19?/m1/s1. The molecule has 1 saturated heterocycles. The first-order valence-electron chi connectivity index (χ1n) is 13.8. The number of aliphatic imine (C=N–C) groups is 2. The van der Waals surface area contributed by atoms with Crippen molar-refractivity contribution in [3.63, 3.8) is 0 Å². The normalized spacial score (nSPS) is 18.6. The molecule has 8 nitrogen and oxygen atoms in total. The monoisotopic (exact) mass is 588 g/mol. The van der Waals surface area contributed by atoms with Gasteiger partial charge in [0.1, 0.15) is 18.3 Å². The summed E-state index contributed by atoms with van der Waals surface area (Å²) in [5.74, 6) is -0.846. The van der Waals surface area contributed by atoms with Crippen molar-refractivity contribution in [3.05, 3.63) is 100 Å². The van der Waals surface area contributed by atoms with Gasteiger partial charge >= 0.3 is 0 Å². The van der Waals surface area contributed by atoms with Crippen LogP contribution in [0.2, 0.25) is 5.02 Å². The lowest BCUT2D eigenvalue weighted by Gasteiger charge is -2.36. The van der Waals surface area contributed by atoms with Crippen LogP contribution in [0.1, 0.15) is 30.5 Å². The second-order valence-electron chi connectivity index (χ2n) is 10.7. The van der Waals surface area contributed by atoms with Crippen LogP contribution in [-0.2, 0) is 13.2 Å². The highest BCUT2D eigenvalue weighted by Gasteiger charge is 2.26. The molecule has 4 aromatic rings. The molecule has 11 heteroatoms. The molecule has 4 N–H and O–H groups in total. The van der Waals surface area contributed by atoms with E-state index < -0.39 is 11.6 Å². The maximum absolute atomic E-state index is 14.7. The molecule has 3 heterocycles. The van der Waals surface area contributed by atoms with E-state index in [1.165, 1.54) is 18.2 Å². The molecule has 42 heavy (non-hydrogen) atoms. The number of fused-ring (bicyclic) bond motifs is 3. The molecule has 2 aliphatic rings. The maximum Gasteiger partial charge on any atom is 0.196 e. The average molecular weight is 589 g/mol. The summed E-state index contributed by atoms with van der Waals surface area (Å²) in [7, 11) is 0. The van der Waals surface area contributed by atoms with Gasteiger partial charge in [0.25, 0.3) is 0 Å². The molecule has 2 atom stereocenters. The van der Waals surface area contributed by atoms with Gasteiger partial charge in [-0.2, -0.15) is 5.10 Å². The van der Waals surface area contributed by atoms with E-state index in [-0.39, 0.29) is 17.8 Å². The SMILES string of the molecule is CC1CN(C(N)=Nc2ccc(NCn3cc4c(n3)-c3ccc(Cl)cc3C(c3c(F)cccc3F)=NC4)cc2)C[C@@H](C)N1. The van der Waals surface area contributed by atoms with Crippen molar-refractivity contribution in [3.8, 4) is 11.3 Å². The predicted molar refractivity (Wildman–Crippen MR) is 163 cm³/mol. The first-order valence-corrected chi connectivity index (χ1v) is 14.2. The quantitative estimate of drug-likeness (QED) is 0.210. The molecule has 0 radical (unpaired) electrons. The minimum Gasteiger partial charge on any atom is -0.369 e. The van der Waals surface area contributed by atoms with Crippen LogP contribution in [0.3, 0.4) is 0 Å². The Morgan fingerprint density at radius 3 is 2.48 bits per heavy atom. The number of nitrogens with one attached hydrogen (secondary N) is 2. The average Bonchev–Trinajstić information content (AvgIpc) is 3.30. The molecule has 0 bridgehead atoms. The summed E-state index contributed by atoms with van der Waals surface area (Å²) in [5, 5.41) is 12.1. The van der Waals surface area contributed by atoms with Crippen LogP contribution in [0.25, 0.3) is 11.3 Å². The highest BCUT2D eigenvalue weighted by atomic mass is 35.5. The van der Waals surface area contributed by atoms with Crippen LogP contribution in [-0.4, -0.2) is 51.5 Å². The van der Waals surface area contributed by atoms with Gasteiger partial charge in [0.05, 0.1) is 29.2 Å². The van der Waals surface area contributed by atoms with Crippen molar-refractivity contribution >= 4 is 34.6 Å². The number of hydrogen-bond acceptors (Lipinski definition) is 5. The Balaban J connectivity index is 1.19. The zero-order valence-electron chi connectivity index (χ0n) is 23.3. The Hall–Kier alpha value is -4.28. The Bertz CT molecular complexity index is 1650. The number of anilines is 1. The summed E-state index contributed by atoms with van der Waals surface area (Å²) >= 11 is 6.30. The number of piperazine rings is 1.